The van der Waals surface area contributed by atoms with Crippen molar-refractivity contribution < 1.29 is 19.1 Å². The molecule has 0 radical (unpaired) electrons. The Morgan fingerprint density at radius 1 is 1.09 bits per heavy atom. The van der Waals surface area contributed by atoms with E-state index in [1.165, 1.54) is 14.2 Å². The number of rotatable bonds is 2. The van der Waals surface area contributed by atoms with Crippen molar-refractivity contribution in [1.82, 2.24) is 0 Å². The molecule has 0 aliphatic heterocycles. The molecule has 0 unspecified atom stereocenters. The van der Waals surface area contributed by atoms with Gasteiger partial charge >= 0.3 is 11.9 Å². The molecular weight excluding hydrogens is 292 g/mol. The lowest BCUT2D eigenvalue weighted by atomic mass is 9.63. The van der Waals surface area contributed by atoms with Crippen molar-refractivity contribution in [2.75, 3.05) is 14.2 Å². The van der Waals surface area contributed by atoms with Gasteiger partial charge in [0.05, 0.1) is 20.1 Å². The van der Waals surface area contributed by atoms with Crippen LogP contribution in [0.1, 0.15) is 24.5 Å². The van der Waals surface area contributed by atoms with Crippen molar-refractivity contribution in [2.24, 2.45) is 5.92 Å². The van der Waals surface area contributed by atoms with E-state index in [1.807, 2.05) is 24.3 Å². The third-order valence-electron chi connectivity index (χ3n) is 5.08. The SMILES string of the molecule is COC(=O)[C@H]1CCc2c(ccc3ccccc23)[C@@]1(C)C(=O)OC. The Hall–Kier alpha value is -2.36. The van der Waals surface area contributed by atoms with Gasteiger partial charge < -0.3 is 9.47 Å². The molecule has 0 spiro atoms. The fraction of sp³-hybridized carbons (Fsp3) is 0.368. The number of benzene rings is 2. The van der Waals surface area contributed by atoms with Crippen LogP contribution in [0.25, 0.3) is 10.8 Å². The van der Waals surface area contributed by atoms with E-state index in [0.29, 0.717) is 6.42 Å². The highest BCUT2D eigenvalue weighted by Crippen LogP contribution is 2.45. The zero-order valence-corrected chi connectivity index (χ0v) is 13.6. The predicted octanol–water partition coefficient (Wildman–Crippen LogP) is 3.01. The number of hydrogen-bond donors (Lipinski definition) is 0. The number of methoxy groups -OCH3 is 2. The van der Waals surface area contributed by atoms with Crippen LogP contribution in [0.3, 0.4) is 0 Å². The van der Waals surface area contributed by atoms with Crippen molar-refractivity contribution in [1.29, 1.82) is 0 Å². The van der Waals surface area contributed by atoms with Gasteiger partial charge in [0.25, 0.3) is 0 Å². The molecule has 0 amide bonds. The number of aryl methyl sites for hydroxylation is 1. The summed E-state index contributed by atoms with van der Waals surface area (Å²) in [7, 11) is 2.72. The molecule has 1 aliphatic rings. The minimum absolute atomic E-state index is 0.364. The van der Waals surface area contributed by atoms with Crippen LogP contribution in [0.2, 0.25) is 0 Å². The Morgan fingerprint density at radius 3 is 2.52 bits per heavy atom. The third-order valence-corrected chi connectivity index (χ3v) is 5.08. The van der Waals surface area contributed by atoms with Gasteiger partial charge in [-0.3, -0.25) is 9.59 Å². The molecule has 0 aromatic heterocycles. The molecule has 2 aromatic rings. The molecule has 2 atom stereocenters. The van der Waals surface area contributed by atoms with Crippen LogP contribution in [-0.4, -0.2) is 26.2 Å². The quantitative estimate of drug-likeness (QED) is 0.800. The number of ether oxygens (including phenoxy) is 2. The normalized spacial score (nSPS) is 23.2. The molecule has 0 bridgehead atoms. The van der Waals surface area contributed by atoms with E-state index in [0.717, 1.165) is 28.3 Å². The van der Waals surface area contributed by atoms with Gasteiger partial charge in [-0.2, -0.15) is 0 Å². The van der Waals surface area contributed by atoms with Crippen molar-refractivity contribution >= 4 is 22.7 Å². The molecule has 0 saturated heterocycles. The molecule has 0 saturated carbocycles. The second-order valence-corrected chi connectivity index (χ2v) is 6.12. The molecule has 23 heavy (non-hydrogen) atoms. The molecule has 1 aliphatic carbocycles. The summed E-state index contributed by atoms with van der Waals surface area (Å²) < 4.78 is 9.98. The number of fused-ring (bicyclic) bond motifs is 3. The van der Waals surface area contributed by atoms with E-state index in [2.05, 4.69) is 12.1 Å². The Morgan fingerprint density at radius 2 is 1.83 bits per heavy atom. The fourth-order valence-corrected chi connectivity index (χ4v) is 3.82. The Balaban J connectivity index is 2.26. The lowest BCUT2D eigenvalue weighted by Crippen LogP contribution is -2.48. The summed E-state index contributed by atoms with van der Waals surface area (Å²) in [6.45, 7) is 1.78. The van der Waals surface area contributed by atoms with Crippen molar-refractivity contribution in [3.05, 3.63) is 47.5 Å². The Labute approximate surface area is 135 Å². The standard InChI is InChI=1S/C19H20O4/c1-19(18(21)23-3)15-10-8-12-6-4-5-7-13(12)14(15)9-11-16(19)17(20)22-2/h4-8,10,16H,9,11H2,1-3H3/t16-,19-/m1/s1. The van der Waals surface area contributed by atoms with Gasteiger partial charge in [-0.05, 0) is 41.7 Å². The van der Waals surface area contributed by atoms with Crippen molar-refractivity contribution in [2.45, 2.75) is 25.2 Å². The highest BCUT2D eigenvalue weighted by Gasteiger charge is 2.51. The van der Waals surface area contributed by atoms with E-state index in [4.69, 9.17) is 9.47 Å². The lowest BCUT2D eigenvalue weighted by Gasteiger charge is -2.39. The molecule has 0 fully saturated rings. The lowest BCUT2D eigenvalue weighted by molar-refractivity contribution is -0.160. The largest absolute Gasteiger partial charge is 0.469 e. The van der Waals surface area contributed by atoms with Crippen LogP contribution in [-0.2, 0) is 30.9 Å². The number of hydrogen-bond acceptors (Lipinski definition) is 4. The van der Waals surface area contributed by atoms with Gasteiger partial charge in [-0.1, -0.05) is 36.4 Å². The molecule has 3 rings (SSSR count). The first-order valence-electron chi connectivity index (χ1n) is 7.71. The molecule has 4 nitrogen and oxygen atoms in total. The zero-order chi connectivity index (χ0) is 16.6. The van der Waals surface area contributed by atoms with Gasteiger partial charge in [-0.25, -0.2) is 0 Å². The van der Waals surface area contributed by atoms with Crippen LogP contribution in [0.4, 0.5) is 0 Å². The number of esters is 2. The van der Waals surface area contributed by atoms with Crippen LogP contribution >= 0.6 is 0 Å². The van der Waals surface area contributed by atoms with Gasteiger partial charge in [0, 0.05) is 0 Å². The topological polar surface area (TPSA) is 52.6 Å². The van der Waals surface area contributed by atoms with Gasteiger partial charge in [0.2, 0.25) is 0 Å². The summed E-state index contributed by atoms with van der Waals surface area (Å²) in [6.07, 6.45) is 1.31. The van der Waals surface area contributed by atoms with Gasteiger partial charge in [0.15, 0.2) is 0 Å². The minimum atomic E-state index is -1.03. The van der Waals surface area contributed by atoms with E-state index < -0.39 is 17.3 Å². The fourth-order valence-electron chi connectivity index (χ4n) is 3.82. The Bertz CT molecular complexity index is 780. The summed E-state index contributed by atoms with van der Waals surface area (Å²) >= 11 is 0. The zero-order valence-electron chi connectivity index (χ0n) is 13.6. The van der Waals surface area contributed by atoms with Gasteiger partial charge in [0.1, 0.15) is 5.41 Å². The minimum Gasteiger partial charge on any atom is -0.469 e. The summed E-state index contributed by atoms with van der Waals surface area (Å²) in [5, 5.41) is 2.26. The molecule has 2 aromatic carbocycles. The van der Waals surface area contributed by atoms with E-state index in [-0.39, 0.29) is 5.97 Å². The van der Waals surface area contributed by atoms with Crippen molar-refractivity contribution in [3.63, 3.8) is 0 Å². The molecule has 0 heterocycles. The van der Waals surface area contributed by atoms with E-state index in [1.54, 1.807) is 6.92 Å². The maximum absolute atomic E-state index is 12.6. The maximum Gasteiger partial charge on any atom is 0.316 e. The molecule has 4 heteroatoms. The average molecular weight is 312 g/mol. The molecule has 0 N–H and O–H groups in total. The highest BCUT2D eigenvalue weighted by molar-refractivity contribution is 5.95. The second-order valence-electron chi connectivity index (χ2n) is 6.12. The van der Waals surface area contributed by atoms with Crippen LogP contribution in [0.15, 0.2) is 36.4 Å². The second kappa shape index (κ2) is 5.69. The average Bonchev–Trinajstić information content (AvgIpc) is 2.60. The molecular formula is C19H20O4. The monoisotopic (exact) mass is 312 g/mol. The molecule has 120 valence electrons. The first-order valence-corrected chi connectivity index (χ1v) is 7.71. The first-order chi connectivity index (χ1) is 11.0. The summed E-state index contributed by atoms with van der Waals surface area (Å²) in [5.41, 5.74) is 0.959. The predicted molar refractivity (Wildman–Crippen MR) is 87.1 cm³/mol. The van der Waals surface area contributed by atoms with Crippen LogP contribution in [0.5, 0.6) is 0 Å². The summed E-state index contributed by atoms with van der Waals surface area (Å²) in [5.74, 6) is -1.30. The summed E-state index contributed by atoms with van der Waals surface area (Å²) in [6, 6.07) is 12.0. The third kappa shape index (κ3) is 2.21. The highest BCUT2D eigenvalue weighted by atomic mass is 16.5. The number of carbonyl (C=O) groups is 2. The summed E-state index contributed by atoms with van der Waals surface area (Å²) in [4.78, 5) is 24.8. The first kappa shape index (κ1) is 15.5. The van der Waals surface area contributed by atoms with Crippen LogP contribution < -0.4 is 0 Å². The van der Waals surface area contributed by atoms with Crippen LogP contribution in [0, 0.1) is 5.92 Å². The van der Waals surface area contributed by atoms with Gasteiger partial charge in [-0.15, -0.1) is 0 Å². The number of carbonyl (C=O) groups excluding carboxylic acids is 2. The van der Waals surface area contributed by atoms with E-state index >= 15 is 0 Å². The smallest absolute Gasteiger partial charge is 0.316 e. The maximum atomic E-state index is 12.6. The Kier molecular flexibility index (Phi) is 3.84. The van der Waals surface area contributed by atoms with Crippen molar-refractivity contribution in [3.8, 4) is 0 Å². The van der Waals surface area contributed by atoms with E-state index in [9.17, 15) is 9.59 Å².